The van der Waals surface area contributed by atoms with Crippen molar-refractivity contribution in [3.63, 3.8) is 0 Å². The first kappa shape index (κ1) is 17.0. The normalized spacial score (nSPS) is 41.5. The monoisotopic (exact) mass is 314 g/mol. The van der Waals surface area contributed by atoms with Crippen molar-refractivity contribution >= 4 is 0 Å². The van der Waals surface area contributed by atoms with Gasteiger partial charge in [-0.15, -0.1) is 0 Å². The highest BCUT2D eigenvalue weighted by Crippen LogP contribution is 2.58. The van der Waals surface area contributed by atoms with Crippen LogP contribution in [-0.2, 0) is 0 Å². The summed E-state index contributed by atoms with van der Waals surface area (Å²) < 4.78 is 0. The van der Waals surface area contributed by atoms with Gasteiger partial charge >= 0.3 is 0 Å². The van der Waals surface area contributed by atoms with Crippen molar-refractivity contribution in [1.29, 1.82) is 0 Å². The SMILES string of the molecule is C=C1CCC(C)CC1=CC=C1CCCC2(C)C(CCO)CCC12. The van der Waals surface area contributed by atoms with Gasteiger partial charge in [0.15, 0.2) is 0 Å². The van der Waals surface area contributed by atoms with E-state index in [9.17, 15) is 5.11 Å². The van der Waals surface area contributed by atoms with Gasteiger partial charge in [-0.3, -0.25) is 0 Å². The number of allylic oxidation sites excluding steroid dienone is 5. The van der Waals surface area contributed by atoms with Crippen LogP contribution in [0.25, 0.3) is 0 Å². The minimum atomic E-state index is 0.355. The zero-order chi connectivity index (χ0) is 16.4. The Bertz CT molecular complexity index is 512. The molecule has 0 aromatic carbocycles. The van der Waals surface area contributed by atoms with Crippen molar-refractivity contribution < 1.29 is 5.11 Å². The molecule has 0 heterocycles. The summed E-state index contributed by atoms with van der Waals surface area (Å²) in [5, 5.41) is 9.39. The molecule has 3 saturated carbocycles. The number of hydrogen-bond acceptors (Lipinski definition) is 1. The van der Waals surface area contributed by atoms with Crippen LogP contribution < -0.4 is 0 Å². The molecule has 1 N–H and O–H groups in total. The van der Waals surface area contributed by atoms with E-state index >= 15 is 0 Å². The van der Waals surface area contributed by atoms with Crippen LogP contribution in [0.4, 0.5) is 0 Å². The first-order valence-corrected chi connectivity index (χ1v) is 9.73. The Hall–Kier alpha value is -0.820. The highest BCUT2D eigenvalue weighted by Gasteiger charge is 2.48. The third-order valence-corrected chi connectivity index (χ3v) is 7.10. The van der Waals surface area contributed by atoms with Gasteiger partial charge < -0.3 is 5.11 Å². The molecule has 0 aromatic heterocycles. The lowest BCUT2D eigenvalue weighted by molar-refractivity contribution is 0.111. The maximum Gasteiger partial charge on any atom is 0.0433 e. The smallest absolute Gasteiger partial charge is 0.0433 e. The Labute approximate surface area is 142 Å². The quantitative estimate of drug-likeness (QED) is 0.696. The van der Waals surface area contributed by atoms with Gasteiger partial charge in [-0.2, -0.15) is 0 Å². The molecule has 4 atom stereocenters. The van der Waals surface area contributed by atoms with E-state index in [4.69, 9.17) is 0 Å². The van der Waals surface area contributed by atoms with E-state index in [2.05, 4.69) is 32.6 Å². The molecule has 0 bridgehead atoms. The van der Waals surface area contributed by atoms with Crippen LogP contribution in [0.2, 0.25) is 0 Å². The molecule has 1 nitrogen and oxygen atoms in total. The van der Waals surface area contributed by atoms with Crippen molar-refractivity contribution in [3.8, 4) is 0 Å². The fourth-order valence-corrected chi connectivity index (χ4v) is 5.57. The minimum absolute atomic E-state index is 0.355. The van der Waals surface area contributed by atoms with Crippen LogP contribution >= 0.6 is 0 Å². The molecule has 128 valence electrons. The summed E-state index contributed by atoms with van der Waals surface area (Å²) in [6, 6.07) is 0. The lowest BCUT2D eigenvalue weighted by atomic mass is 9.63. The van der Waals surface area contributed by atoms with Crippen molar-refractivity contribution in [2.45, 2.75) is 71.6 Å². The third-order valence-electron chi connectivity index (χ3n) is 7.10. The summed E-state index contributed by atoms with van der Waals surface area (Å²) >= 11 is 0. The summed E-state index contributed by atoms with van der Waals surface area (Å²) in [6.07, 6.45) is 16.1. The van der Waals surface area contributed by atoms with Crippen LogP contribution in [-0.4, -0.2) is 11.7 Å². The lowest BCUT2D eigenvalue weighted by Gasteiger charge is -2.42. The molecule has 4 unspecified atom stereocenters. The fraction of sp³-hybridized carbons (Fsp3) is 0.727. The molecule has 0 aliphatic heterocycles. The zero-order valence-corrected chi connectivity index (χ0v) is 15.1. The van der Waals surface area contributed by atoms with Gasteiger partial charge in [-0.25, -0.2) is 0 Å². The maximum absolute atomic E-state index is 9.39. The number of fused-ring (bicyclic) bond motifs is 1. The average molecular weight is 315 g/mol. The van der Waals surface area contributed by atoms with Crippen molar-refractivity contribution in [3.05, 3.63) is 35.5 Å². The van der Waals surface area contributed by atoms with Gasteiger partial charge in [0.2, 0.25) is 0 Å². The number of aliphatic hydroxyl groups is 1. The van der Waals surface area contributed by atoms with Gasteiger partial charge in [0.1, 0.15) is 0 Å². The molecule has 3 aliphatic carbocycles. The Morgan fingerprint density at radius 2 is 2.04 bits per heavy atom. The Morgan fingerprint density at radius 1 is 1.22 bits per heavy atom. The second-order valence-corrected chi connectivity index (χ2v) is 8.58. The lowest BCUT2D eigenvalue weighted by Crippen LogP contribution is -2.33. The molecule has 3 fully saturated rings. The summed E-state index contributed by atoms with van der Waals surface area (Å²) in [5.74, 6) is 2.28. The highest BCUT2D eigenvalue weighted by atomic mass is 16.3. The van der Waals surface area contributed by atoms with E-state index in [0.29, 0.717) is 12.0 Å². The van der Waals surface area contributed by atoms with Gasteiger partial charge in [0, 0.05) is 6.61 Å². The second-order valence-electron chi connectivity index (χ2n) is 8.58. The predicted octanol–water partition coefficient (Wildman–Crippen LogP) is 5.81. The number of aliphatic hydroxyl groups excluding tert-OH is 1. The molecule has 23 heavy (non-hydrogen) atoms. The van der Waals surface area contributed by atoms with Crippen molar-refractivity contribution in [2.75, 3.05) is 6.61 Å². The first-order chi connectivity index (χ1) is 11.0. The molecular weight excluding hydrogens is 280 g/mol. The molecule has 0 aromatic rings. The van der Waals surface area contributed by atoms with E-state index in [0.717, 1.165) is 24.2 Å². The predicted molar refractivity (Wildman–Crippen MR) is 98.2 cm³/mol. The summed E-state index contributed by atoms with van der Waals surface area (Å²) in [6.45, 7) is 9.50. The summed E-state index contributed by atoms with van der Waals surface area (Å²) in [4.78, 5) is 0. The van der Waals surface area contributed by atoms with E-state index in [-0.39, 0.29) is 0 Å². The highest BCUT2D eigenvalue weighted by molar-refractivity contribution is 5.35. The molecule has 0 radical (unpaired) electrons. The van der Waals surface area contributed by atoms with Crippen LogP contribution in [0.1, 0.15) is 71.6 Å². The van der Waals surface area contributed by atoms with E-state index in [1.807, 2.05) is 0 Å². The molecule has 3 rings (SSSR count). The average Bonchev–Trinajstić information content (AvgIpc) is 2.86. The fourth-order valence-electron chi connectivity index (χ4n) is 5.57. The standard InChI is InChI=1S/C22H34O/c1-16-6-7-17(2)19(15-16)9-8-18-5-4-13-22(3)20(12-14-23)10-11-21(18)22/h8-9,16,20-21,23H,2,4-7,10-15H2,1,3H3. The van der Waals surface area contributed by atoms with Crippen LogP contribution in [0.15, 0.2) is 35.5 Å². The van der Waals surface area contributed by atoms with E-state index < -0.39 is 0 Å². The van der Waals surface area contributed by atoms with Crippen molar-refractivity contribution in [2.24, 2.45) is 23.2 Å². The molecular formula is C22H34O. The largest absolute Gasteiger partial charge is 0.396 e. The van der Waals surface area contributed by atoms with Gasteiger partial charge in [0.05, 0.1) is 0 Å². The van der Waals surface area contributed by atoms with E-state index in [1.165, 1.54) is 62.5 Å². The topological polar surface area (TPSA) is 20.2 Å². The molecule has 1 heteroatoms. The van der Waals surface area contributed by atoms with Crippen LogP contribution in [0, 0.1) is 23.2 Å². The van der Waals surface area contributed by atoms with Crippen LogP contribution in [0.5, 0.6) is 0 Å². The zero-order valence-electron chi connectivity index (χ0n) is 15.1. The van der Waals surface area contributed by atoms with Gasteiger partial charge in [-0.1, -0.05) is 43.7 Å². The third kappa shape index (κ3) is 3.36. The van der Waals surface area contributed by atoms with Crippen LogP contribution in [0.3, 0.4) is 0 Å². The Kier molecular flexibility index (Phi) is 5.16. The molecule has 0 amide bonds. The number of rotatable bonds is 3. The Balaban J connectivity index is 1.79. The van der Waals surface area contributed by atoms with Gasteiger partial charge in [0.25, 0.3) is 0 Å². The maximum atomic E-state index is 9.39. The second kappa shape index (κ2) is 6.97. The molecule has 0 spiro atoms. The number of hydrogen-bond donors (Lipinski definition) is 1. The first-order valence-electron chi connectivity index (χ1n) is 9.73. The summed E-state index contributed by atoms with van der Waals surface area (Å²) in [5.41, 5.74) is 4.97. The van der Waals surface area contributed by atoms with Gasteiger partial charge in [-0.05, 0) is 86.5 Å². The minimum Gasteiger partial charge on any atom is -0.396 e. The van der Waals surface area contributed by atoms with Crippen molar-refractivity contribution in [1.82, 2.24) is 0 Å². The summed E-state index contributed by atoms with van der Waals surface area (Å²) in [7, 11) is 0. The Morgan fingerprint density at radius 3 is 2.83 bits per heavy atom. The van der Waals surface area contributed by atoms with E-state index in [1.54, 1.807) is 5.57 Å². The molecule has 3 aliphatic rings. The molecule has 0 saturated heterocycles.